The number of ether oxygens (including phenoxy) is 1. The number of rotatable bonds is 6. The molecule has 0 saturated heterocycles. The van der Waals surface area contributed by atoms with E-state index >= 15 is 0 Å². The second-order valence-electron chi connectivity index (χ2n) is 4.56. The second-order valence-corrected chi connectivity index (χ2v) is 5.48. The molecule has 1 aromatic carbocycles. The van der Waals surface area contributed by atoms with Crippen molar-refractivity contribution in [1.82, 2.24) is 5.32 Å². The highest BCUT2D eigenvalue weighted by Gasteiger charge is 2.31. The number of amides is 1. The molecule has 0 bridgehead atoms. The van der Waals surface area contributed by atoms with Crippen LogP contribution in [0.15, 0.2) is 16.6 Å². The number of carbonyl (C=O) groups excluding carboxylic acids is 1. The number of nitro benzene ring substituents is 1. The zero-order chi connectivity index (χ0) is 15.5. The number of likely N-dealkylation sites (N-methyl/N-ethyl adjacent to an activating group) is 1. The number of benzene rings is 1. The Balaban J connectivity index is 3.10. The molecule has 0 fully saturated rings. The van der Waals surface area contributed by atoms with Gasteiger partial charge in [-0.15, -0.1) is 0 Å². The van der Waals surface area contributed by atoms with Crippen molar-refractivity contribution in [3.8, 4) is 5.75 Å². The molecule has 1 rings (SSSR count). The van der Waals surface area contributed by atoms with Crippen LogP contribution in [0.1, 0.15) is 12.5 Å². The van der Waals surface area contributed by atoms with Gasteiger partial charge < -0.3 is 15.8 Å². The van der Waals surface area contributed by atoms with Gasteiger partial charge in [-0.2, -0.15) is 0 Å². The number of nitrogens with two attached hydrogens (primary N) is 1. The van der Waals surface area contributed by atoms with E-state index in [1.54, 1.807) is 27.0 Å². The minimum atomic E-state index is -1.10. The number of nitrogens with one attached hydrogen (secondary N) is 1. The Morgan fingerprint density at radius 1 is 1.60 bits per heavy atom. The van der Waals surface area contributed by atoms with Crippen molar-refractivity contribution >= 4 is 27.5 Å². The van der Waals surface area contributed by atoms with Crippen molar-refractivity contribution in [1.29, 1.82) is 0 Å². The number of halogens is 1. The molecule has 1 aromatic rings. The molecule has 7 nitrogen and oxygen atoms in total. The van der Waals surface area contributed by atoms with Gasteiger partial charge in [0.25, 0.3) is 0 Å². The molecule has 0 aliphatic rings. The smallest absolute Gasteiger partial charge is 0.312 e. The van der Waals surface area contributed by atoms with Gasteiger partial charge in [-0.1, -0.05) is 15.9 Å². The van der Waals surface area contributed by atoms with Crippen LogP contribution in [0.25, 0.3) is 0 Å². The predicted molar refractivity (Wildman–Crippen MR) is 77.7 cm³/mol. The van der Waals surface area contributed by atoms with Crippen molar-refractivity contribution in [3.05, 3.63) is 32.3 Å². The van der Waals surface area contributed by atoms with Gasteiger partial charge in [0.05, 0.1) is 4.92 Å². The first kappa shape index (κ1) is 16.4. The minimum Gasteiger partial charge on any atom is -0.484 e. The van der Waals surface area contributed by atoms with Gasteiger partial charge in [-0.3, -0.25) is 14.9 Å². The topological polar surface area (TPSA) is 107 Å². The standard InChI is InChI=1S/C12H16BrN3O4/c1-7-4-8(13)5-9(16(18)19)10(7)20-6-12(2,15-3)11(14)17/h4-5,15H,6H2,1-3H3,(H2,14,17). The highest BCUT2D eigenvalue weighted by atomic mass is 79.9. The van der Waals surface area contributed by atoms with E-state index in [4.69, 9.17) is 10.5 Å². The van der Waals surface area contributed by atoms with E-state index in [0.717, 1.165) is 0 Å². The summed E-state index contributed by atoms with van der Waals surface area (Å²) in [5.74, 6) is -0.474. The van der Waals surface area contributed by atoms with Crippen LogP contribution >= 0.6 is 15.9 Å². The van der Waals surface area contributed by atoms with Crippen molar-refractivity contribution in [2.45, 2.75) is 19.4 Å². The maximum absolute atomic E-state index is 11.4. The summed E-state index contributed by atoms with van der Waals surface area (Å²) < 4.78 is 6.06. The van der Waals surface area contributed by atoms with Gasteiger partial charge in [-0.25, -0.2) is 0 Å². The molecule has 3 N–H and O–H groups in total. The Morgan fingerprint density at radius 3 is 2.65 bits per heavy atom. The molecular formula is C12H16BrN3O4. The SMILES string of the molecule is CNC(C)(COc1c(C)cc(Br)cc1[N+](=O)[O-])C(N)=O. The van der Waals surface area contributed by atoms with E-state index in [1.807, 2.05) is 0 Å². The summed E-state index contributed by atoms with van der Waals surface area (Å²) in [4.78, 5) is 21.9. The van der Waals surface area contributed by atoms with Gasteiger partial charge in [0, 0.05) is 10.5 Å². The molecule has 0 radical (unpaired) electrons. The van der Waals surface area contributed by atoms with Crippen LogP contribution in [-0.4, -0.2) is 30.0 Å². The normalized spacial score (nSPS) is 13.6. The zero-order valence-electron chi connectivity index (χ0n) is 11.4. The van der Waals surface area contributed by atoms with Gasteiger partial charge in [0.15, 0.2) is 5.75 Å². The number of hydrogen-bond acceptors (Lipinski definition) is 5. The third kappa shape index (κ3) is 3.45. The molecule has 1 atom stereocenters. The molecular weight excluding hydrogens is 330 g/mol. The highest BCUT2D eigenvalue weighted by Crippen LogP contribution is 2.34. The lowest BCUT2D eigenvalue weighted by atomic mass is 10.0. The van der Waals surface area contributed by atoms with Crippen LogP contribution in [0.2, 0.25) is 0 Å². The average molecular weight is 346 g/mol. The average Bonchev–Trinajstić information content (AvgIpc) is 2.36. The fraction of sp³-hybridized carbons (Fsp3) is 0.417. The lowest BCUT2D eigenvalue weighted by molar-refractivity contribution is -0.386. The molecule has 0 heterocycles. The first-order valence-electron chi connectivity index (χ1n) is 5.77. The van der Waals surface area contributed by atoms with Crippen LogP contribution in [0.5, 0.6) is 5.75 Å². The monoisotopic (exact) mass is 345 g/mol. The highest BCUT2D eigenvalue weighted by molar-refractivity contribution is 9.10. The molecule has 110 valence electrons. The minimum absolute atomic E-state index is 0.109. The van der Waals surface area contributed by atoms with E-state index in [2.05, 4.69) is 21.2 Å². The number of primary amides is 1. The van der Waals surface area contributed by atoms with E-state index in [9.17, 15) is 14.9 Å². The van der Waals surface area contributed by atoms with Crippen molar-refractivity contribution < 1.29 is 14.5 Å². The van der Waals surface area contributed by atoms with E-state index in [-0.39, 0.29) is 18.0 Å². The summed E-state index contributed by atoms with van der Waals surface area (Å²) in [7, 11) is 1.57. The summed E-state index contributed by atoms with van der Waals surface area (Å²) in [5.41, 5.74) is 4.60. The first-order chi connectivity index (χ1) is 9.21. The fourth-order valence-corrected chi connectivity index (χ4v) is 2.08. The van der Waals surface area contributed by atoms with Crippen LogP contribution in [0.3, 0.4) is 0 Å². The van der Waals surface area contributed by atoms with Gasteiger partial charge >= 0.3 is 5.69 Å². The Morgan fingerprint density at radius 2 is 2.20 bits per heavy atom. The third-order valence-corrected chi connectivity index (χ3v) is 3.48. The third-order valence-electron chi connectivity index (χ3n) is 3.02. The van der Waals surface area contributed by atoms with E-state index < -0.39 is 16.4 Å². The van der Waals surface area contributed by atoms with Crippen molar-refractivity contribution in [3.63, 3.8) is 0 Å². The van der Waals surface area contributed by atoms with Crippen LogP contribution in [0.4, 0.5) is 5.69 Å². The maximum Gasteiger partial charge on any atom is 0.312 e. The fourth-order valence-electron chi connectivity index (χ4n) is 1.52. The second kappa shape index (κ2) is 6.19. The summed E-state index contributed by atoms with van der Waals surface area (Å²) in [5, 5.41) is 13.8. The number of aryl methyl sites for hydroxylation is 1. The van der Waals surface area contributed by atoms with Gasteiger partial charge in [-0.05, 0) is 32.5 Å². The summed E-state index contributed by atoms with van der Waals surface area (Å²) in [6.07, 6.45) is 0. The van der Waals surface area contributed by atoms with Crippen molar-refractivity contribution in [2.24, 2.45) is 5.73 Å². The first-order valence-corrected chi connectivity index (χ1v) is 6.56. The van der Waals surface area contributed by atoms with E-state index in [1.165, 1.54) is 6.07 Å². The Bertz CT molecular complexity index is 550. The lowest BCUT2D eigenvalue weighted by Gasteiger charge is -2.25. The number of nitrogens with zero attached hydrogens (tertiary/aromatic N) is 1. The van der Waals surface area contributed by atoms with Crippen LogP contribution in [-0.2, 0) is 4.79 Å². The quantitative estimate of drug-likeness (QED) is 0.600. The van der Waals surface area contributed by atoms with Crippen molar-refractivity contribution in [2.75, 3.05) is 13.7 Å². The lowest BCUT2D eigenvalue weighted by Crippen LogP contribution is -2.55. The molecule has 20 heavy (non-hydrogen) atoms. The molecule has 0 saturated carbocycles. The molecule has 0 spiro atoms. The molecule has 1 unspecified atom stereocenters. The molecule has 0 aliphatic carbocycles. The summed E-state index contributed by atoms with van der Waals surface area (Å²) in [6.45, 7) is 3.14. The number of carbonyl (C=O) groups is 1. The Labute approximate surface area is 124 Å². The largest absolute Gasteiger partial charge is 0.484 e. The van der Waals surface area contributed by atoms with Gasteiger partial charge in [0.1, 0.15) is 12.1 Å². The Kier molecular flexibility index (Phi) is 5.07. The predicted octanol–water partition coefficient (Wildman–Crippen LogP) is 1.51. The molecule has 0 aromatic heterocycles. The molecule has 1 amide bonds. The maximum atomic E-state index is 11.4. The molecule has 8 heteroatoms. The van der Waals surface area contributed by atoms with Crippen LogP contribution in [0, 0.1) is 17.0 Å². The summed E-state index contributed by atoms with van der Waals surface area (Å²) in [6, 6.07) is 3.05. The van der Waals surface area contributed by atoms with Crippen LogP contribution < -0.4 is 15.8 Å². The van der Waals surface area contributed by atoms with E-state index in [0.29, 0.717) is 10.0 Å². The number of nitro groups is 1. The summed E-state index contributed by atoms with van der Waals surface area (Å²) >= 11 is 3.20. The number of hydrogen-bond donors (Lipinski definition) is 2. The zero-order valence-corrected chi connectivity index (χ0v) is 13.0. The molecule has 0 aliphatic heterocycles. The Hall–Kier alpha value is -1.67. The van der Waals surface area contributed by atoms with Gasteiger partial charge in [0.2, 0.25) is 5.91 Å².